The molecule has 0 aliphatic heterocycles. The fourth-order valence-electron chi connectivity index (χ4n) is 2.48. The molecule has 2 nitrogen and oxygen atoms in total. The maximum atomic E-state index is 6.00. The highest BCUT2D eigenvalue weighted by Crippen LogP contribution is 2.28. The smallest absolute Gasteiger partial charge is 0.124 e. The van der Waals surface area contributed by atoms with Crippen LogP contribution in [0.5, 0.6) is 5.75 Å². The number of rotatable bonds is 9. The normalized spacial score (nSPS) is 11.0. The number of hydrogen-bond acceptors (Lipinski definition) is 2. The van der Waals surface area contributed by atoms with Gasteiger partial charge in [-0.05, 0) is 36.2 Å². The second-order valence-corrected chi connectivity index (χ2v) is 5.50. The average molecular weight is 285 g/mol. The van der Waals surface area contributed by atoms with E-state index in [2.05, 4.69) is 55.6 Å². The van der Waals surface area contributed by atoms with Crippen LogP contribution in [0.25, 0.3) is 10.8 Å². The molecule has 0 atom stereocenters. The van der Waals surface area contributed by atoms with E-state index in [0.29, 0.717) is 0 Å². The summed E-state index contributed by atoms with van der Waals surface area (Å²) in [5, 5.41) is 6.13. The van der Waals surface area contributed by atoms with Gasteiger partial charge in [0.05, 0.1) is 6.61 Å². The lowest BCUT2D eigenvalue weighted by molar-refractivity contribution is 0.306. The van der Waals surface area contributed by atoms with Gasteiger partial charge < -0.3 is 10.1 Å². The summed E-state index contributed by atoms with van der Waals surface area (Å²) in [4.78, 5) is 0. The van der Waals surface area contributed by atoms with Gasteiger partial charge in [0.25, 0.3) is 0 Å². The molecule has 0 aromatic heterocycles. The number of fused-ring (bicyclic) bond motifs is 1. The molecule has 0 aliphatic rings. The molecule has 0 saturated heterocycles. The zero-order chi connectivity index (χ0) is 14.9. The summed E-state index contributed by atoms with van der Waals surface area (Å²) >= 11 is 0. The quantitative estimate of drug-likeness (QED) is 0.661. The third kappa shape index (κ3) is 4.47. The first-order valence-corrected chi connectivity index (χ1v) is 8.21. The highest BCUT2D eigenvalue weighted by Gasteiger charge is 2.08. The molecule has 0 amide bonds. The molecule has 0 fully saturated rings. The van der Waals surface area contributed by atoms with E-state index in [-0.39, 0.29) is 0 Å². The van der Waals surface area contributed by atoms with E-state index >= 15 is 0 Å². The SMILES string of the molecule is CCCCNCc1c(OCCCC)ccc2ccccc12. The fourth-order valence-corrected chi connectivity index (χ4v) is 2.48. The molecule has 2 aromatic carbocycles. The maximum absolute atomic E-state index is 6.00. The second-order valence-electron chi connectivity index (χ2n) is 5.50. The van der Waals surface area contributed by atoms with Gasteiger partial charge in [-0.25, -0.2) is 0 Å². The van der Waals surface area contributed by atoms with Gasteiger partial charge in [-0.1, -0.05) is 57.0 Å². The van der Waals surface area contributed by atoms with Gasteiger partial charge in [-0.2, -0.15) is 0 Å². The minimum Gasteiger partial charge on any atom is -0.493 e. The second kappa shape index (κ2) is 8.68. The standard InChI is InChI=1S/C19H27NO/c1-3-5-13-20-15-18-17-10-8-7-9-16(17)11-12-19(18)21-14-6-4-2/h7-12,20H,3-6,13-15H2,1-2H3. The van der Waals surface area contributed by atoms with Crippen LogP contribution in [0.2, 0.25) is 0 Å². The highest BCUT2D eigenvalue weighted by atomic mass is 16.5. The highest BCUT2D eigenvalue weighted by molar-refractivity contribution is 5.87. The number of ether oxygens (including phenoxy) is 1. The predicted octanol–water partition coefficient (Wildman–Crippen LogP) is 4.91. The van der Waals surface area contributed by atoms with Crippen LogP contribution in [0.3, 0.4) is 0 Å². The molecule has 21 heavy (non-hydrogen) atoms. The number of benzene rings is 2. The van der Waals surface area contributed by atoms with Crippen molar-refractivity contribution in [3.05, 3.63) is 42.0 Å². The number of hydrogen-bond donors (Lipinski definition) is 1. The minimum atomic E-state index is 0.802. The topological polar surface area (TPSA) is 21.3 Å². The molecule has 2 heteroatoms. The third-order valence-electron chi connectivity index (χ3n) is 3.76. The Morgan fingerprint density at radius 1 is 0.952 bits per heavy atom. The van der Waals surface area contributed by atoms with Crippen LogP contribution in [0.4, 0.5) is 0 Å². The van der Waals surface area contributed by atoms with E-state index in [9.17, 15) is 0 Å². The van der Waals surface area contributed by atoms with Gasteiger partial charge >= 0.3 is 0 Å². The molecule has 0 radical (unpaired) electrons. The Hall–Kier alpha value is -1.54. The van der Waals surface area contributed by atoms with Gasteiger partial charge in [-0.3, -0.25) is 0 Å². The lowest BCUT2D eigenvalue weighted by atomic mass is 10.0. The van der Waals surface area contributed by atoms with Crippen molar-refractivity contribution >= 4 is 10.8 Å². The van der Waals surface area contributed by atoms with E-state index < -0.39 is 0 Å². The predicted molar refractivity (Wildman–Crippen MR) is 91.0 cm³/mol. The lowest BCUT2D eigenvalue weighted by Gasteiger charge is -2.15. The van der Waals surface area contributed by atoms with Crippen molar-refractivity contribution in [1.29, 1.82) is 0 Å². The van der Waals surface area contributed by atoms with E-state index in [0.717, 1.165) is 38.3 Å². The molecule has 0 aliphatic carbocycles. The Bertz CT molecular complexity index is 550. The Morgan fingerprint density at radius 3 is 2.57 bits per heavy atom. The van der Waals surface area contributed by atoms with Crippen molar-refractivity contribution in [2.24, 2.45) is 0 Å². The van der Waals surface area contributed by atoms with Gasteiger partial charge in [0.1, 0.15) is 5.75 Å². The van der Waals surface area contributed by atoms with Crippen molar-refractivity contribution < 1.29 is 4.74 Å². The first kappa shape index (κ1) is 15.8. The van der Waals surface area contributed by atoms with Crippen LogP contribution < -0.4 is 10.1 Å². The number of unbranched alkanes of at least 4 members (excludes halogenated alkanes) is 2. The molecule has 2 aromatic rings. The van der Waals surface area contributed by atoms with Gasteiger partial charge in [0.15, 0.2) is 0 Å². The van der Waals surface area contributed by atoms with E-state index in [1.165, 1.54) is 29.2 Å². The molecule has 2 rings (SSSR count). The summed E-state index contributed by atoms with van der Waals surface area (Å²) < 4.78 is 6.00. The summed E-state index contributed by atoms with van der Waals surface area (Å²) in [5.41, 5.74) is 1.29. The lowest BCUT2D eigenvalue weighted by Crippen LogP contribution is -2.15. The van der Waals surface area contributed by atoms with Crippen molar-refractivity contribution in [3.8, 4) is 5.75 Å². The molecule has 114 valence electrons. The monoisotopic (exact) mass is 285 g/mol. The van der Waals surface area contributed by atoms with Gasteiger partial charge in [0, 0.05) is 12.1 Å². The summed E-state index contributed by atoms with van der Waals surface area (Å²) in [5.74, 6) is 1.03. The van der Waals surface area contributed by atoms with E-state index in [1.807, 2.05) is 0 Å². The van der Waals surface area contributed by atoms with Crippen LogP contribution in [-0.4, -0.2) is 13.2 Å². The van der Waals surface area contributed by atoms with Gasteiger partial charge in [0.2, 0.25) is 0 Å². The van der Waals surface area contributed by atoms with Crippen LogP contribution >= 0.6 is 0 Å². The van der Waals surface area contributed by atoms with Gasteiger partial charge in [-0.15, -0.1) is 0 Å². The van der Waals surface area contributed by atoms with Crippen LogP contribution in [-0.2, 0) is 6.54 Å². The molecule has 0 saturated carbocycles. The Balaban J connectivity index is 2.19. The first-order valence-electron chi connectivity index (χ1n) is 8.21. The largest absolute Gasteiger partial charge is 0.493 e. The van der Waals surface area contributed by atoms with Crippen molar-refractivity contribution in [3.63, 3.8) is 0 Å². The maximum Gasteiger partial charge on any atom is 0.124 e. The third-order valence-corrected chi connectivity index (χ3v) is 3.76. The molecule has 1 N–H and O–H groups in total. The Kier molecular flexibility index (Phi) is 6.55. The molecule has 0 heterocycles. The molecule has 0 unspecified atom stereocenters. The van der Waals surface area contributed by atoms with Crippen LogP contribution in [0.15, 0.2) is 36.4 Å². The van der Waals surface area contributed by atoms with Crippen molar-refractivity contribution in [1.82, 2.24) is 5.32 Å². The average Bonchev–Trinajstić information content (AvgIpc) is 2.53. The van der Waals surface area contributed by atoms with E-state index in [4.69, 9.17) is 4.74 Å². The Labute approximate surface area is 128 Å². The fraction of sp³-hybridized carbons (Fsp3) is 0.474. The summed E-state index contributed by atoms with van der Waals surface area (Å²) in [6.07, 6.45) is 4.71. The van der Waals surface area contributed by atoms with Crippen molar-refractivity contribution in [2.75, 3.05) is 13.2 Å². The first-order chi connectivity index (χ1) is 10.4. The summed E-state index contributed by atoms with van der Waals surface area (Å²) in [7, 11) is 0. The number of nitrogens with one attached hydrogen (secondary N) is 1. The molecular formula is C19H27NO. The van der Waals surface area contributed by atoms with Crippen LogP contribution in [0.1, 0.15) is 45.1 Å². The molecule has 0 bridgehead atoms. The Morgan fingerprint density at radius 2 is 1.76 bits per heavy atom. The van der Waals surface area contributed by atoms with E-state index in [1.54, 1.807) is 0 Å². The minimum absolute atomic E-state index is 0.802. The summed E-state index contributed by atoms with van der Waals surface area (Å²) in [6.45, 7) is 7.16. The van der Waals surface area contributed by atoms with Crippen LogP contribution in [0, 0.1) is 0 Å². The zero-order valence-corrected chi connectivity index (χ0v) is 13.3. The zero-order valence-electron chi connectivity index (χ0n) is 13.3. The molecular weight excluding hydrogens is 258 g/mol. The molecule has 0 spiro atoms. The summed E-state index contributed by atoms with van der Waals surface area (Å²) in [6, 6.07) is 12.8. The van der Waals surface area contributed by atoms with Crippen molar-refractivity contribution in [2.45, 2.75) is 46.1 Å².